The molecule has 9 nitrogen and oxygen atoms in total. The monoisotopic (exact) mass is 545 g/mol. The van der Waals surface area contributed by atoms with Gasteiger partial charge in [-0.25, -0.2) is 9.59 Å². The third-order valence-corrected chi connectivity index (χ3v) is 6.49. The predicted octanol–water partition coefficient (Wildman–Crippen LogP) is 5.78. The topological polar surface area (TPSA) is 114 Å². The summed E-state index contributed by atoms with van der Waals surface area (Å²) in [6, 6.07) is 6.44. The molecule has 9 heteroatoms. The summed E-state index contributed by atoms with van der Waals surface area (Å²) in [5.74, 6) is -0.931. The van der Waals surface area contributed by atoms with E-state index < -0.39 is 23.4 Å². The Balaban J connectivity index is 2.26. The second-order valence-corrected chi connectivity index (χ2v) is 13.5. The zero-order chi connectivity index (χ0) is 29.8. The second-order valence-electron chi connectivity index (χ2n) is 13.5. The molecule has 4 amide bonds. The lowest BCUT2D eigenvalue weighted by molar-refractivity contribution is 0.0408. The first-order chi connectivity index (χ1) is 17.8. The zero-order valence-corrected chi connectivity index (χ0v) is 25.3. The number of amides is 4. The van der Waals surface area contributed by atoms with Crippen molar-refractivity contribution in [2.24, 2.45) is 17.3 Å². The van der Waals surface area contributed by atoms with Crippen LogP contribution in [0.3, 0.4) is 0 Å². The Morgan fingerprint density at radius 2 is 1.33 bits per heavy atom. The van der Waals surface area contributed by atoms with Crippen molar-refractivity contribution in [3.63, 3.8) is 0 Å². The van der Waals surface area contributed by atoms with Crippen LogP contribution in [-0.4, -0.2) is 59.2 Å². The van der Waals surface area contributed by atoms with E-state index in [9.17, 15) is 19.2 Å². The molecule has 1 aliphatic heterocycles. The van der Waals surface area contributed by atoms with Crippen molar-refractivity contribution >= 4 is 24.0 Å². The SMILES string of the molecule is CC(C)[C@@H](NC(=O)OC(C)(C)C)C(CN1C(=O)c2ccccc2C1=O)CC(C)(C)CCNC(=O)OC(C)(C)C. The van der Waals surface area contributed by atoms with Gasteiger partial charge in [-0.3, -0.25) is 14.5 Å². The van der Waals surface area contributed by atoms with Gasteiger partial charge >= 0.3 is 12.2 Å². The highest BCUT2D eigenvalue weighted by atomic mass is 16.6. The second kappa shape index (κ2) is 12.4. The highest BCUT2D eigenvalue weighted by Crippen LogP contribution is 2.34. The fourth-order valence-corrected chi connectivity index (χ4v) is 4.85. The third kappa shape index (κ3) is 9.86. The van der Waals surface area contributed by atoms with Gasteiger partial charge in [-0.05, 0) is 83.8 Å². The summed E-state index contributed by atoms with van der Waals surface area (Å²) in [5.41, 5.74) is -0.779. The van der Waals surface area contributed by atoms with Gasteiger partial charge in [0.15, 0.2) is 0 Å². The van der Waals surface area contributed by atoms with E-state index in [1.54, 1.807) is 45.0 Å². The van der Waals surface area contributed by atoms with Crippen molar-refractivity contribution < 1.29 is 28.7 Å². The highest BCUT2D eigenvalue weighted by molar-refractivity contribution is 6.21. The summed E-state index contributed by atoms with van der Waals surface area (Å²) in [4.78, 5) is 52.6. The molecule has 0 radical (unpaired) electrons. The van der Waals surface area contributed by atoms with Gasteiger partial charge in [0, 0.05) is 19.1 Å². The van der Waals surface area contributed by atoms with Crippen LogP contribution >= 0.6 is 0 Å². The number of nitrogens with zero attached hydrogens (tertiary/aromatic N) is 1. The van der Waals surface area contributed by atoms with Gasteiger partial charge in [-0.1, -0.05) is 39.8 Å². The van der Waals surface area contributed by atoms with Crippen LogP contribution in [0.25, 0.3) is 0 Å². The minimum atomic E-state index is -0.670. The molecule has 0 bridgehead atoms. The number of benzene rings is 1. The molecule has 0 aromatic heterocycles. The highest BCUT2D eigenvalue weighted by Gasteiger charge is 2.40. The number of alkyl carbamates (subject to hydrolysis) is 2. The van der Waals surface area contributed by atoms with Crippen molar-refractivity contribution in [3.05, 3.63) is 35.4 Å². The maximum Gasteiger partial charge on any atom is 0.407 e. The molecule has 0 saturated carbocycles. The van der Waals surface area contributed by atoms with Crippen LogP contribution in [0.4, 0.5) is 9.59 Å². The largest absolute Gasteiger partial charge is 0.444 e. The van der Waals surface area contributed by atoms with Gasteiger partial charge < -0.3 is 20.1 Å². The van der Waals surface area contributed by atoms with Crippen LogP contribution in [0.2, 0.25) is 0 Å². The molecule has 218 valence electrons. The molecule has 1 heterocycles. The molecule has 39 heavy (non-hydrogen) atoms. The average molecular weight is 546 g/mol. The van der Waals surface area contributed by atoms with Crippen LogP contribution in [0.5, 0.6) is 0 Å². The molecular weight excluding hydrogens is 498 g/mol. The van der Waals surface area contributed by atoms with Crippen molar-refractivity contribution in [1.29, 1.82) is 0 Å². The standard InChI is InChI=1S/C30H47N3O6/c1-19(2)23(32-27(37)39-29(6,7)8)20(17-30(9,10)15-16-31-26(36)38-28(3,4)5)18-33-24(34)21-13-11-12-14-22(21)25(33)35/h11-14,19-20,23H,15-18H2,1-10H3,(H,31,36)(H,32,37)/t20?,23-/m1/s1. The Kier molecular flexibility index (Phi) is 10.2. The van der Waals surface area contributed by atoms with Crippen LogP contribution in [0, 0.1) is 17.3 Å². The van der Waals surface area contributed by atoms with E-state index >= 15 is 0 Å². The van der Waals surface area contributed by atoms with Crippen molar-refractivity contribution in [2.45, 2.75) is 99.3 Å². The van der Waals surface area contributed by atoms with E-state index in [1.165, 1.54) is 4.90 Å². The summed E-state index contributed by atoms with van der Waals surface area (Å²) in [5, 5.41) is 5.83. The molecule has 0 fully saturated rings. The fourth-order valence-electron chi connectivity index (χ4n) is 4.85. The first-order valence-corrected chi connectivity index (χ1v) is 13.7. The molecule has 1 aromatic carbocycles. The van der Waals surface area contributed by atoms with E-state index in [4.69, 9.17) is 9.47 Å². The normalized spacial score (nSPS) is 15.6. The lowest BCUT2D eigenvalue weighted by Crippen LogP contribution is -2.51. The van der Waals surface area contributed by atoms with Gasteiger partial charge in [0.05, 0.1) is 11.1 Å². The molecule has 2 N–H and O–H groups in total. The van der Waals surface area contributed by atoms with Crippen molar-refractivity contribution in [1.82, 2.24) is 15.5 Å². The summed E-state index contributed by atoms with van der Waals surface area (Å²) in [6.07, 6.45) is 0.183. The number of hydrogen-bond acceptors (Lipinski definition) is 6. The van der Waals surface area contributed by atoms with Gasteiger partial charge in [-0.15, -0.1) is 0 Å². The van der Waals surface area contributed by atoms with E-state index in [2.05, 4.69) is 24.5 Å². The first kappa shape index (κ1) is 32.1. The minimum Gasteiger partial charge on any atom is -0.444 e. The third-order valence-electron chi connectivity index (χ3n) is 6.49. The Morgan fingerprint density at radius 1 is 0.846 bits per heavy atom. The molecule has 1 aliphatic rings. The lowest BCUT2D eigenvalue weighted by atomic mass is 9.75. The number of rotatable bonds is 10. The number of fused-ring (bicyclic) bond motifs is 1. The Morgan fingerprint density at radius 3 is 1.79 bits per heavy atom. The number of carbonyl (C=O) groups excluding carboxylic acids is 4. The van der Waals surface area contributed by atoms with Gasteiger partial charge in [0.2, 0.25) is 0 Å². The maximum absolute atomic E-state index is 13.2. The van der Waals surface area contributed by atoms with E-state index in [1.807, 2.05) is 34.6 Å². The summed E-state index contributed by atoms with van der Waals surface area (Å²) in [6.45, 7) is 19.5. The molecule has 0 saturated heterocycles. The Labute approximate surface area is 233 Å². The zero-order valence-electron chi connectivity index (χ0n) is 25.3. The molecule has 2 atom stereocenters. The molecule has 1 aromatic rings. The number of hydrogen-bond donors (Lipinski definition) is 2. The van der Waals surface area contributed by atoms with Gasteiger partial charge in [0.1, 0.15) is 11.2 Å². The number of carbonyl (C=O) groups is 4. The smallest absolute Gasteiger partial charge is 0.407 e. The molecule has 0 spiro atoms. The fraction of sp³-hybridized carbons (Fsp3) is 0.667. The summed E-state index contributed by atoms with van der Waals surface area (Å²) >= 11 is 0. The van der Waals surface area contributed by atoms with Crippen molar-refractivity contribution in [3.8, 4) is 0 Å². The number of ether oxygens (including phenoxy) is 2. The van der Waals surface area contributed by atoms with Crippen LogP contribution in [0.15, 0.2) is 24.3 Å². The van der Waals surface area contributed by atoms with E-state index in [-0.39, 0.29) is 41.7 Å². The van der Waals surface area contributed by atoms with E-state index in [0.717, 1.165) is 0 Å². The average Bonchev–Trinajstić information content (AvgIpc) is 2.99. The Hall–Kier alpha value is -3.10. The summed E-state index contributed by atoms with van der Waals surface area (Å²) < 4.78 is 10.9. The van der Waals surface area contributed by atoms with Crippen molar-refractivity contribution in [2.75, 3.05) is 13.1 Å². The first-order valence-electron chi connectivity index (χ1n) is 13.7. The number of nitrogens with one attached hydrogen (secondary N) is 2. The van der Waals surface area contributed by atoms with Crippen LogP contribution in [-0.2, 0) is 9.47 Å². The van der Waals surface area contributed by atoms with Crippen LogP contribution < -0.4 is 10.6 Å². The predicted molar refractivity (Wildman–Crippen MR) is 151 cm³/mol. The lowest BCUT2D eigenvalue weighted by Gasteiger charge is -2.38. The number of imide groups is 1. The van der Waals surface area contributed by atoms with Gasteiger partial charge in [0.25, 0.3) is 11.8 Å². The summed E-state index contributed by atoms with van der Waals surface area (Å²) in [7, 11) is 0. The molecule has 0 aliphatic carbocycles. The van der Waals surface area contributed by atoms with Gasteiger partial charge in [-0.2, -0.15) is 0 Å². The molecule has 1 unspecified atom stereocenters. The van der Waals surface area contributed by atoms with E-state index in [0.29, 0.717) is 30.5 Å². The quantitative estimate of drug-likeness (QED) is 0.360. The Bertz CT molecular complexity index is 1020. The molecule has 2 rings (SSSR count). The van der Waals surface area contributed by atoms with Crippen LogP contribution in [0.1, 0.15) is 103 Å². The molecular formula is C30H47N3O6. The minimum absolute atomic E-state index is 0.00612. The maximum atomic E-state index is 13.2.